The van der Waals surface area contributed by atoms with Crippen molar-refractivity contribution < 1.29 is 14.7 Å². The fraction of sp³-hybridized carbons (Fsp3) is 0.500. The number of nitrogens with zero attached hydrogens (tertiary/aromatic N) is 2. The Morgan fingerprint density at radius 1 is 1.59 bits per heavy atom. The molecule has 0 bridgehead atoms. The van der Waals surface area contributed by atoms with Gasteiger partial charge in [0.05, 0.1) is 12.2 Å². The average Bonchev–Trinajstić information content (AvgIpc) is 2.68. The fourth-order valence-electron chi connectivity index (χ4n) is 1.28. The van der Waals surface area contributed by atoms with E-state index in [0.29, 0.717) is 12.1 Å². The second-order valence-corrected chi connectivity index (χ2v) is 3.61. The van der Waals surface area contributed by atoms with Crippen LogP contribution >= 0.6 is 0 Å². The van der Waals surface area contributed by atoms with Gasteiger partial charge in [0.2, 0.25) is 0 Å². The van der Waals surface area contributed by atoms with E-state index in [2.05, 4.69) is 15.7 Å². The number of amides is 2. The molecule has 7 nitrogen and oxygen atoms in total. The summed E-state index contributed by atoms with van der Waals surface area (Å²) >= 11 is 0. The molecule has 0 aromatic carbocycles. The first-order chi connectivity index (χ1) is 8.02. The van der Waals surface area contributed by atoms with E-state index < -0.39 is 18.0 Å². The van der Waals surface area contributed by atoms with Crippen LogP contribution < -0.4 is 10.6 Å². The molecular weight excluding hydrogens is 224 g/mol. The molecule has 0 saturated heterocycles. The summed E-state index contributed by atoms with van der Waals surface area (Å²) in [6, 6.07) is 0.401. The van der Waals surface area contributed by atoms with Crippen LogP contribution in [-0.2, 0) is 18.4 Å². The molecule has 0 fully saturated rings. The minimum absolute atomic E-state index is 0.267. The third-order valence-corrected chi connectivity index (χ3v) is 2.21. The Bertz CT molecular complexity index is 402. The lowest BCUT2D eigenvalue weighted by molar-refractivity contribution is -0.139. The minimum Gasteiger partial charge on any atom is -0.480 e. The monoisotopic (exact) mass is 240 g/mol. The van der Waals surface area contributed by atoms with Gasteiger partial charge in [-0.2, -0.15) is 5.10 Å². The lowest BCUT2D eigenvalue weighted by Gasteiger charge is -2.12. The number of urea groups is 1. The number of carboxylic acids is 1. The number of nitrogens with one attached hydrogen (secondary N) is 2. The molecule has 0 saturated carbocycles. The number of aliphatic carboxylic acids is 1. The summed E-state index contributed by atoms with van der Waals surface area (Å²) in [5.41, 5.74) is 0.714. The molecule has 94 valence electrons. The minimum atomic E-state index is -1.04. The summed E-state index contributed by atoms with van der Waals surface area (Å²) in [6.45, 7) is 1.96. The lowest BCUT2D eigenvalue weighted by Crippen LogP contribution is -2.45. The van der Waals surface area contributed by atoms with Crippen molar-refractivity contribution in [1.82, 2.24) is 20.4 Å². The van der Waals surface area contributed by atoms with E-state index in [1.807, 2.05) is 0 Å². The highest BCUT2D eigenvalue weighted by molar-refractivity contribution is 5.82. The second-order valence-electron chi connectivity index (χ2n) is 3.61. The maximum atomic E-state index is 11.4. The normalized spacial score (nSPS) is 11.9. The number of hydrogen-bond acceptors (Lipinski definition) is 3. The van der Waals surface area contributed by atoms with Crippen LogP contribution in [0.25, 0.3) is 0 Å². The Morgan fingerprint density at radius 3 is 2.76 bits per heavy atom. The van der Waals surface area contributed by atoms with Gasteiger partial charge in [0.1, 0.15) is 6.04 Å². The molecule has 0 spiro atoms. The van der Waals surface area contributed by atoms with Crippen molar-refractivity contribution in [3.8, 4) is 0 Å². The Morgan fingerprint density at radius 2 is 2.29 bits per heavy atom. The molecular formula is C10H16N4O3. The maximum absolute atomic E-state index is 11.4. The predicted molar refractivity (Wildman–Crippen MR) is 60.3 cm³/mol. The number of carboxylic acid groups (broad SMARTS) is 1. The number of aromatic nitrogens is 2. The first-order valence-corrected chi connectivity index (χ1v) is 5.28. The zero-order chi connectivity index (χ0) is 12.8. The van der Waals surface area contributed by atoms with Crippen LogP contribution in [0, 0.1) is 0 Å². The van der Waals surface area contributed by atoms with Gasteiger partial charge in [-0.1, -0.05) is 6.92 Å². The van der Waals surface area contributed by atoms with Crippen LogP contribution in [0.15, 0.2) is 12.3 Å². The van der Waals surface area contributed by atoms with Crippen LogP contribution in [-0.4, -0.2) is 32.9 Å². The zero-order valence-electron chi connectivity index (χ0n) is 9.80. The van der Waals surface area contributed by atoms with E-state index in [1.165, 1.54) is 0 Å². The Labute approximate surface area is 98.8 Å². The quantitative estimate of drug-likeness (QED) is 0.679. The molecule has 1 atom stereocenters. The molecule has 0 aliphatic heterocycles. The van der Waals surface area contributed by atoms with Crippen LogP contribution in [0.4, 0.5) is 4.79 Å². The molecule has 1 rings (SSSR count). The summed E-state index contributed by atoms with van der Waals surface area (Å²) in [5.74, 6) is -1.04. The van der Waals surface area contributed by atoms with E-state index in [1.54, 1.807) is 30.9 Å². The largest absolute Gasteiger partial charge is 0.480 e. The van der Waals surface area contributed by atoms with Crippen LogP contribution in [0.1, 0.15) is 19.0 Å². The molecule has 1 heterocycles. The highest BCUT2D eigenvalue weighted by Crippen LogP contribution is 1.94. The smallest absolute Gasteiger partial charge is 0.326 e. The third kappa shape index (κ3) is 4.13. The standard InChI is InChI=1S/C10H16N4O3/c1-3-8(9(15)16)12-10(17)11-6-7-4-5-14(2)13-7/h4-5,8H,3,6H2,1-2H3,(H,15,16)(H2,11,12,17). The zero-order valence-corrected chi connectivity index (χ0v) is 9.80. The molecule has 0 aliphatic carbocycles. The molecule has 0 aliphatic rings. The molecule has 17 heavy (non-hydrogen) atoms. The van der Waals surface area contributed by atoms with Crippen molar-refractivity contribution in [3.05, 3.63) is 18.0 Å². The van der Waals surface area contributed by atoms with Crippen molar-refractivity contribution in [2.45, 2.75) is 25.9 Å². The lowest BCUT2D eigenvalue weighted by atomic mass is 10.2. The van der Waals surface area contributed by atoms with E-state index in [0.717, 1.165) is 0 Å². The molecule has 1 aromatic rings. The van der Waals surface area contributed by atoms with Gasteiger partial charge in [0, 0.05) is 13.2 Å². The van der Waals surface area contributed by atoms with E-state index in [4.69, 9.17) is 5.11 Å². The first-order valence-electron chi connectivity index (χ1n) is 5.28. The SMILES string of the molecule is CCC(NC(=O)NCc1ccn(C)n1)C(=O)O. The maximum Gasteiger partial charge on any atom is 0.326 e. The van der Waals surface area contributed by atoms with E-state index in [-0.39, 0.29) is 6.54 Å². The molecule has 1 aromatic heterocycles. The number of carbonyl (C=O) groups excluding carboxylic acids is 1. The average molecular weight is 240 g/mol. The fourth-order valence-corrected chi connectivity index (χ4v) is 1.28. The van der Waals surface area contributed by atoms with Gasteiger partial charge in [0.15, 0.2) is 0 Å². The predicted octanol–water partition coefficient (Wildman–Crippen LogP) is 0.0825. The summed E-state index contributed by atoms with van der Waals surface area (Å²) in [7, 11) is 1.78. The molecule has 3 N–H and O–H groups in total. The van der Waals surface area contributed by atoms with Crippen molar-refractivity contribution >= 4 is 12.0 Å². The van der Waals surface area contributed by atoms with E-state index in [9.17, 15) is 9.59 Å². The van der Waals surface area contributed by atoms with Gasteiger partial charge in [-0.3, -0.25) is 4.68 Å². The van der Waals surface area contributed by atoms with Gasteiger partial charge in [-0.25, -0.2) is 9.59 Å². The van der Waals surface area contributed by atoms with Crippen LogP contribution in [0.2, 0.25) is 0 Å². The van der Waals surface area contributed by atoms with Crippen molar-refractivity contribution in [1.29, 1.82) is 0 Å². The van der Waals surface area contributed by atoms with Gasteiger partial charge >= 0.3 is 12.0 Å². The van der Waals surface area contributed by atoms with Crippen molar-refractivity contribution in [2.75, 3.05) is 0 Å². The topological polar surface area (TPSA) is 96.3 Å². The molecule has 2 amide bonds. The summed E-state index contributed by atoms with van der Waals surface area (Å²) in [4.78, 5) is 22.1. The Kier molecular flexibility index (Phi) is 4.50. The highest BCUT2D eigenvalue weighted by Gasteiger charge is 2.17. The van der Waals surface area contributed by atoms with Gasteiger partial charge in [-0.15, -0.1) is 0 Å². The van der Waals surface area contributed by atoms with Crippen LogP contribution in [0.3, 0.4) is 0 Å². The molecule has 7 heteroatoms. The number of aryl methyl sites for hydroxylation is 1. The first kappa shape index (κ1) is 13.0. The second kappa shape index (κ2) is 5.88. The van der Waals surface area contributed by atoms with Gasteiger partial charge < -0.3 is 15.7 Å². The Hall–Kier alpha value is -2.05. The summed E-state index contributed by atoms with van der Waals surface area (Å²) in [6.07, 6.45) is 2.10. The molecule has 1 unspecified atom stereocenters. The summed E-state index contributed by atoms with van der Waals surface area (Å²) in [5, 5.41) is 17.7. The van der Waals surface area contributed by atoms with Crippen molar-refractivity contribution in [2.24, 2.45) is 7.05 Å². The number of rotatable bonds is 5. The number of hydrogen-bond donors (Lipinski definition) is 3. The van der Waals surface area contributed by atoms with Gasteiger partial charge in [0.25, 0.3) is 0 Å². The third-order valence-electron chi connectivity index (χ3n) is 2.21. The van der Waals surface area contributed by atoms with E-state index >= 15 is 0 Å². The number of carbonyl (C=O) groups is 2. The van der Waals surface area contributed by atoms with Crippen molar-refractivity contribution in [3.63, 3.8) is 0 Å². The van der Waals surface area contributed by atoms with Crippen LogP contribution in [0.5, 0.6) is 0 Å². The highest BCUT2D eigenvalue weighted by atomic mass is 16.4. The molecule has 0 radical (unpaired) electrons. The Balaban J connectivity index is 2.37. The van der Waals surface area contributed by atoms with Gasteiger partial charge in [-0.05, 0) is 12.5 Å². The summed E-state index contributed by atoms with van der Waals surface area (Å²) < 4.78 is 1.63.